The van der Waals surface area contributed by atoms with Crippen LogP contribution < -0.4 is 15.5 Å². The summed E-state index contributed by atoms with van der Waals surface area (Å²) >= 11 is 0. The summed E-state index contributed by atoms with van der Waals surface area (Å²) in [7, 11) is 0. The molecule has 0 saturated carbocycles. The highest BCUT2D eigenvalue weighted by Gasteiger charge is 2.19. The molecular weight excluding hydrogens is 378 g/mol. The molecule has 2 fully saturated rings. The Bertz CT molecular complexity index is 703. The van der Waals surface area contributed by atoms with Gasteiger partial charge in [-0.1, -0.05) is 19.1 Å². The van der Waals surface area contributed by atoms with Crippen LogP contribution in [-0.4, -0.2) is 87.1 Å². The zero-order valence-electron chi connectivity index (χ0n) is 18.1. The molecule has 2 aliphatic heterocycles. The van der Waals surface area contributed by atoms with Gasteiger partial charge in [-0.2, -0.15) is 0 Å². The van der Waals surface area contributed by atoms with Crippen LogP contribution in [0.2, 0.25) is 0 Å². The van der Waals surface area contributed by atoms with E-state index in [9.17, 15) is 9.59 Å². The number of benzene rings is 1. The number of amides is 1. The highest BCUT2D eigenvalue weighted by Crippen LogP contribution is 2.24. The molecule has 2 saturated heterocycles. The van der Waals surface area contributed by atoms with Gasteiger partial charge in [-0.05, 0) is 30.0 Å². The van der Waals surface area contributed by atoms with E-state index in [1.165, 1.54) is 37.4 Å². The van der Waals surface area contributed by atoms with Crippen LogP contribution in [0.25, 0.3) is 0 Å². The highest BCUT2D eigenvalue weighted by atomic mass is 16.1. The molecule has 1 atom stereocenters. The second-order valence-electron chi connectivity index (χ2n) is 8.28. The third-order valence-electron chi connectivity index (χ3n) is 6.24. The van der Waals surface area contributed by atoms with Crippen LogP contribution in [0.1, 0.15) is 31.2 Å². The van der Waals surface area contributed by atoms with Crippen molar-refractivity contribution in [2.75, 3.05) is 70.3 Å². The maximum absolute atomic E-state index is 11.6. The van der Waals surface area contributed by atoms with Gasteiger partial charge >= 0.3 is 0 Å². The van der Waals surface area contributed by atoms with Gasteiger partial charge in [0.15, 0.2) is 0 Å². The average molecular weight is 414 g/mol. The summed E-state index contributed by atoms with van der Waals surface area (Å²) in [5, 5.41) is 5.83. The number of anilines is 1. The SMILES string of the molecule is CC(CCC(=O)NC=C=O)c1ccc(N2CCN(CCN3CCNCC3)CC2)cc1. The van der Waals surface area contributed by atoms with Crippen molar-refractivity contribution in [2.45, 2.75) is 25.7 Å². The first-order valence-electron chi connectivity index (χ1n) is 11.1. The fourth-order valence-corrected chi connectivity index (χ4v) is 4.16. The Kier molecular flexibility index (Phi) is 8.90. The predicted molar refractivity (Wildman–Crippen MR) is 120 cm³/mol. The standard InChI is InChI=1S/C23H35N5O2/c1-20(2-7-23(30)25-10-19-29)21-3-5-22(6-4-21)28-17-15-27(16-18-28)14-13-26-11-8-24-9-12-26/h3-6,10,20,24H,2,7-9,11-18H2,1H3,(H,25,30). The lowest BCUT2D eigenvalue weighted by molar-refractivity contribution is -0.120. The summed E-state index contributed by atoms with van der Waals surface area (Å²) in [4.78, 5) is 29.4. The number of nitrogens with zero attached hydrogens (tertiary/aromatic N) is 3. The molecule has 2 aliphatic rings. The van der Waals surface area contributed by atoms with Crippen molar-refractivity contribution in [2.24, 2.45) is 0 Å². The molecule has 1 aromatic carbocycles. The first-order chi connectivity index (χ1) is 14.7. The zero-order chi connectivity index (χ0) is 21.2. The predicted octanol–water partition coefficient (Wildman–Crippen LogP) is 1.06. The summed E-state index contributed by atoms with van der Waals surface area (Å²) in [6.07, 6.45) is 2.17. The van der Waals surface area contributed by atoms with Crippen LogP contribution in [0.15, 0.2) is 30.5 Å². The molecular formula is C23H35N5O2. The van der Waals surface area contributed by atoms with Gasteiger partial charge < -0.3 is 15.5 Å². The fraction of sp³-hybridized carbons (Fsp3) is 0.609. The van der Waals surface area contributed by atoms with Gasteiger partial charge in [0.1, 0.15) is 5.94 Å². The van der Waals surface area contributed by atoms with E-state index >= 15 is 0 Å². The molecule has 164 valence electrons. The summed E-state index contributed by atoms with van der Waals surface area (Å²) in [5.74, 6) is 1.72. The highest BCUT2D eigenvalue weighted by molar-refractivity contribution is 5.78. The number of rotatable bonds is 9. The largest absolute Gasteiger partial charge is 0.369 e. The minimum Gasteiger partial charge on any atom is -0.369 e. The van der Waals surface area contributed by atoms with E-state index < -0.39 is 0 Å². The van der Waals surface area contributed by atoms with Crippen molar-refractivity contribution >= 4 is 17.5 Å². The van der Waals surface area contributed by atoms with Crippen LogP contribution >= 0.6 is 0 Å². The van der Waals surface area contributed by atoms with Gasteiger partial charge in [0.05, 0.1) is 6.20 Å². The van der Waals surface area contributed by atoms with Gasteiger partial charge in [-0.3, -0.25) is 14.6 Å². The molecule has 1 amide bonds. The maximum Gasteiger partial charge on any atom is 0.224 e. The Labute approximate surface area is 180 Å². The lowest BCUT2D eigenvalue weighted by atomic mass is 9.95. The zero-order valence-corrected chi connectivity index (χ0v) is 18.1. The van der Waals surface area contributed by atoms with E-state index in [4.69, 9.17) is 0 Å². The molecule has 0 bridgehead atoms. The monoisotopic (exact) mass is 413 g/mol. The molecule has 7 heteroatoms. The van der Waals surface area contributed by atoms with Gasteiger partial charge in [0.2, 0.25) is 5.91 Å². The maximum atomic E-state index is 11.6. The second-order valence-corrected chi connectivity index (χ2v) is 8.28. The third kappa shape index (κ3) is 6.96. The Morgan fingerprint density at radius 2 is 1.70 bits per heavy atom. The molecule has 2 N–H and O–H groups in total. The van der Waals surface area contributed by atoms with Crippen LogP contribution in [0.5, 0.6) is 0 Å². The van der Waals surface area contributed by atoms with Crippen molar-refractivity contribution in [1.82, 2.24) is 20.4 Å². The Morgan fingerprint density at radius 1 is 1.07 bits per heavy atom. The molecule has 1 aromatic rings. The van der Waals surface area contributed by atoms with E-state index in [0.717, 1.165) is 51.9 Å². The number of piperazine rings is 2. The van der Waals surface area contributed by atoms with E-state index in [-0.39, 0.29) is 5.91 Å². The summed E-state index contributed by atoms with van der Waals surface area (Å²) < 4.78 is 0. The van der Waals surface area contributed by atoms with E-state index in [1.54, 1.807) is 5.94 Å². The van der Waals surface area contributed by atoms with E-state index in [0.29, 0.717) is 12.3 Å². The van der Waals surface area contributed by atoms with Crippen molar-refractivity contribution < 1.29 is 9.59 Å². The second kappa shape index (κ2) is 11.9. The molecule has 7 nitrogen and oxygen atoms in total. The molecule has 2 heterocycles. The summed E-state index contributed by atoms with van der Waals surface area (Å²) in [6.45, 7) is 13.4. The topological polar surface area (TPSA) is 67.9 Å². The van der Waals surface area contributed by atoms with Gasteiger partial charge in [-0.25, -0.2) is 4.79 Å². The van der Waals surface area contributed by atoms with Crippen LogP contribution in [-0.2, 0) is 9.59 Å². The number of carbonyl (C=O) groups is 1. The van der Waals surface area contributed by atoms with Gasteiger partial charge in [-0.15, -0.1) is 0 Å². The fourth-order valence-electron chi connectivity index (χ4n) is 4.16. The number of carbonyl (C=O) groups excluding carboxylic acids is 2. The van der Waals surface area contributed by atoms with E-state index in [1.807, 2.05) is 0 Å². The van der Waals surface area contributed by atoms with Crippen LogP contribution in [0.3, 0.4) is 0 Å². The first kappa shape index (κ1) is 22.5. The van der Waals surface area contributed by atoms with Gasteiger partial charge in [0, 0.05) is 77.6 Å². The molecule has 0 aromatic heterocycles. The van der Waals surface area contributed by atoms with Crippen molar-refractivity contribution in [3.05, 3.63) is 36.0 Å². The number of hydrogen-bond acceptors (Lipinski definition) is 6. The Morgan fingerprint density at radius 3 is 2.33 bits per heavy atom. The van der Waals surface area contributed by atoms with Crippen LogP contribution in [0, 0.1) is 0 Å². The number of hydrogen-bond donors (Lipinski definition) is 2. The minimum atomic E-state index is -0.142. The van der Waals surface area contributed by atoms with Crippen molar-refractivity contribution in [3.8, 4) is 0 Å². The Balaban J connectivity index is 1.39. The lowest BCUT2D eigenvalue weighted by Gasteiger charge is -2.37. The summed E-state index contributed by atoms with van der Waals surface area (Å²) in [5.41, 5.74) is 2.52. The van der Waals surface area contributed by atoms with E-state index in [2.05, 4.69) is 56.5 Å². The molecule has 0 radical (unpaired) electrons. The first-order valence-corrected chi connectivity index (χ1v) is 11.1. The molecule has 0 aliphatic carbocycles. The molecule has 1 unspecified atom stereocenters. The average Bonchev–Trinajstić information content (AvgIpc) is 2.81. The lowest BCUT2D eigenvalue weighted by Crippen LogP contribution is -2.50. The molecule has 30 heavy (non-hydrogen) atoms. The normalized spacial score (nSPS) is 19.2. The van der Waals surface area contributed by atoms with Crippen LogP contribution in [0.4, 0.5) is 5.69 Å². The summed E-state index contributed by atoms with van der Waals surface area (Å²) in [6, 6.07) is 8.77. The quantitative estimate of drug-likeness (QED) is 0.590. The smallest absolute Gasteiger partial charge is 0.224 e. The van der Waals surface area contributed by atoms with Gasteiger partial charge in [0.25, 0.3) is 0 Å². The molecule has 0 spiro atoms. The minimum absolute atomic E-state index is 0.142. The van der Waals surface area contributed by atoms with Crippen molar-refractivity contribution in [3.63, 3.8) is 0 Å². The van der Waals surface area contributed by atoms with Crippen molar-refractivity contribution in [1.29, 1.82) is 0 Å². The number of nitrogens with one attached hydrogen (secondary N) is 2. The Hall–Kier alpha value is -2.18. The third-order valence-corrected chi connectivity index (χ3v) is 6.24. The molecule has 3 rings (SSSR count).